The van der Waals surface area contributed by atoms with Gasteiger partial charge in [-0.25, -0.2) is 0 Å². The summed E-state index contributed by atoms with van der Waals surface area (Å²) in [7, 11) is 0. The summed E-state index contributed by atoms with van der Waals surface area (Å²) in [6.45, 7) is 8.22. The van der Waals surface area contributed by atoms with Crippen molar-refractivity contribution in [1.29, 1.82) is 0 Å². The van der Waals surface area contributed by atoms with Gasteiger partial charge in [0.25, 0.3) is 0 Å². The third-order valence-electron chi connectivity index (χ3n) is 2.46. The lowest BCUT2D eigenvalue weighted by atomic mass is 9.95. The highest BCUT2D eigenvalue weighted by atomic mass is 16.3. The van der Waals surface area contributed by atoms with E-state index in [-0.39, 0.29) is 0 Å². The van der Waals surface area contributed by atoms with E-state index in [2.05, 4.69) is 20.4 Å². The van der Waals surface area contributed by atoms with Crippen LogP contribution in [0, 0.1) is 0 Å². The molecule has 0 radical (unpaired) electrons. The topological polar surface area (TPSA) is 20.2 Å². The van der Waals surface area contributed by atoms with Gasteiger partial charge in [-0.2, -0.15) is 0 Å². The number of hydrogen-bond donors (Lipinski definition) is 1. The molecule has 0 aliphatic rings. The monoisotopic (exact) mass is 190 g/mol. The van der Waals surface area contributed by atoms with Crippen LogP contribution in [-0.4, -0.2) is 5.11 Å². The van der Waals surface area contributed by atoms with Crippen molar-refractivity contribution < 1.29 is 5.11 Å². The van der Waals surface area contributed by atoms with E-state index in [0.29, 0.717) is 5.75 Å². The smallest absolute Gasteiger partial charge is 0.119 e. The standard InChI is InChI=1S/C13H18O/c1-4-7-12-11(10(3)5-2)8-6-9-13(12)14/h6,8-9,14H,3-5,7H2,1-2H3. The van der Waals surface area contributed by atoms with E-state index in [1.807, 2.05) is 12.1 Å². The van der Waals surface area contributed by atoms with Crippen LogP contribution >= 0.6 is 0 Å². The Kier molecular flexibility index (Phi) is 3.75. The maximum atomic E-state index is 9.73. The number of phenols is 1. The number of phenolic OH excluding ortho intramolecular Hbond substituents is 1. The Bertz CT molecular complexity index is 326. The predicted octanol–water partition coefficient (Wildman–Crippen LogP) is 3.77. The summed E-state index contributed by atoms with van der Waals surface area (Å²) >= 11 is 0. The molecule has 1 aromatic carbocycles. The molecule has 0 heterocycles. The lowest BCUT2D eigenvalue weighted by Crippen LogP contribution is -1.92. The van der Waals surface area contributed by atoms with E-state index >= 15 is 0 Å². The minimum Gasteiger partial charge on any atom is -0.508 e. The largest absolute Gasteiger partial charge is 0.508 e. The van der Waals surface area contributed by atoms with Crippen molar-refractivity contribution in [3.63, 3.8) is 0 Å². The van der Waals surface area contributed by atoms with Crippen molar-refractivity contribution in [2.24, 2.45) is 0 Å². The van der Waals surface area contributed by atoms with Gasteiger partial charge in [0, 0.05) is 5.56 Å². The summed E-state index contributed by atoms with van der Waals surface area (Å²) in [6.07, 6.45) is 2.89. The molecule has 76 valence electrons. The van der Waals surface area contributed by atoms with E-state index in [1.165, 1.54) is 0 Å². The predicted molar refractivity (Wildman–Crippen MR) is 61.4 cm³/mol. The van der Waals surface area contributed by atoms with Crippen LogP contribution in [0.1, 0.15) is 37.8 Å². The Balaban J connectivity index is 3.13. The fraction of sp³-hybridized carbons (Fsp3) is 0.385. The highest BCUT2D eigenvalue weighted by Gasteiger charge is 2.07. The van der Waals surface area contributed by atoms with Crippen molar-refractivity contribution in [2.45, 2.75) is 33.1 Å². The number of aromatic hydroxyl groups is 1. The first kappa shape index (κ1) is 10.8. The molecule has 0 fully saturated rings. The summed E-state index contributed by atoms with van der Waals surface area (Å²) in [5.74, 6) is 0.402. The molecule has 1 nitrogen and oxygen atoms in total. The molecule has 0 spiro atoms. The molecule has 0 aromatic heterocycles. The molecule has 14 heavy (non-hydrogen) atoms. The minimum atomic E-state index is 0.402. The van der Waals surface area contributed by atoms with E-state index in [0.717, 1.165) is 36.0 Å². The highest BCUT2D eigenvalue weighted by molar-refractivity contribution is 5.68. The summed E-state index contributed by atoms with van der Waals surface area (Å²) in [4.78, 5) is 0. The van der Waals surface area contributed by atoms with Crippen molar-refractivity contribution in [2.75, 3.05) is 0 Å². The quantitative estimate of drug-likeness (QED) is 0.766. The third kappa shape index (κ3) is 2.16. The lowest BCUT2D eigenvalue weighted by molar-refractivity contribution is 0.467. The fourth-order valence-electron chi connectivity index (χ4n) is 1.61. The zero-order valence-corrected chi connectivity index (χ0v) is 9.01. The van der Waals surface area contributed by atoms with Gasteiger partial charge >= 0.3 is 0 Å². The Morgan fingerprint density at radius 2 is 2.07 bits per heavy atom. The molecule has 0 unspecified atom stereocenters. The second kappa shape index (κ2) is 4.85. The van der Waals surface area contributed by atoms with Crippen LogP contribution in [0.25, 0.3) is 5.57 Å². The van der Waals surface area contributed by atoms with Crippen LogP contribution in [0.4, 0.5) is 0 Å². The first-order chi connectivity index (χ1) is 6.70. The van der Waals surface area contributed by atoms with E-state index < -0.39 is 0 Å². The van der Waals surface area contributed by atoms with E-state index in [1.54, 1.807) is 6.07 Å². The second-order valence-electron chi connectivity index (χ2n) is 3.51. The van der Waals surface area contributed by atoms with Crippen LogP contribution < -0.4 is 0 Å². The third-order valence-corrected chi connectivity index (χ3v) is 2.46. The van der Waals surface area contributed by atoms with Gasteiger partial charge in [0.05, 0.1) is 0 Å². The van der Waals surface area contributed by atoms with Crippen molar-refractivity contribution >= 4 is 5.57 Å². The molecule has 0 saturated carbocycles. The molecule has 1 N–H and O–H groups in total. The summed E-state index contributed by atoms with van der Waals surface area (Å²) in [6, 6.07) is 5.67. The maximum absolute atomic E-state index is 9.73. The molecule has 0 amide bonds. The van der Waals surface area contributed by atoms with Crippen LogP contribution in [-0.2, 0) is 6.42 Å². The number of rotatable bonds is 4. The number of benzene rings is 1. The first-order valence-electron chi connectivity index (χ1n) is 5.19. The highest BCUT2D eigenvalue weighted by Crippen LogP contribution is 2.28. The minimum absolute atomic E-state index is 0.402. The Morgan fingerprint density at radius 1 is 1.36 bits per heavy atom. The Labute approximate surface area is 86.1 Å². The zero-order valence-electron chi connectivity index (χ0n) is 9.01. The lowest BCUT2D eigenvalue weighted by Gasteiger charge is -2.11. The Morgan fingerprint density at radius 3 is 2.64 bits per heavy atom. The fourth-order valence-corrected chi connectivity index (χ4v) is 1.61. The van der Waals surface area contributed by atoms with Gasteiger partial charge in [-0.3, -0.25) is 0 Å². The molecule has 0 aliphatic heterocycles. The summed E-state index contributed by atoms with van der Waals surface area (Å²) in [5.41, 5.74) is 3.26. The van der Waals surface area contributed by atoms with Gasteiger partial charge in [0.2, 0.25) is 0 Å². The molecule has 1 aromatic rings. The molecular formula is C13H18O. The maximum Gasteiger partial charge on any atom is 0.119 e. The van der Waals surface area contributed by atoms with Crippen LogP contribution in [0.2, 0.25) is 0 Å². The number of allylic oxidation sites excluding steroid dienone is 1. The number of hydrogen-bond acceptors (Lipinski definition) is 1. The normalized spacial score (nSPS) is 10.1. The second-order valence-corrected chi connectivity index (χ2v) is 3.51. The SMILES string of the molecule is C=C(CC)c1cccc(O)c1CCC. The zero-order chi connectivity index (χ0) is 10.6. The van der Waals surface area contributed by atoms with Gasteiger partial charge in [0.1, 0.15) is 5.75 Å². The molecule has 0 atom stereocenters. The molecule has 1 heteroatoms. The van der Waals surface area contributed by atoms with Crippen LogP contribution in [0.5, 0.6) is 5.75 Å². The van der Waals surface area contributed by atoms with Gasteiger partial charge in [-0.1, -0.05) is 39.0 Å². The summed E-state index contributed by atoms with van der Waals surface area (Å²) in [5, 5.41) is 9.73. The molecule has 0 bridgehead atoms. The summed E-state index contributed by atoms with van der Waals surface area (Å²) < 4.78 is 0. The molecular weight excluding hydrogens is 172 g/mol. The average Bonchev–Trinajstić information content (AvgIpc) is 2.20. The van der Waals surface area contributed by atoms with Crippen LogP contribution in [0.3, 0.4) is 0 Å². The van der Waals surface area contributed by atoms with Crippen LogP contribution in [0.15, 0.2) is 24.8 Å². The van der Waals surface area contributed by atoms with Crippen molar-refractivity contribution in [1.82, 2.24) is 0 Å². The van der Waals surface area contributed by atoms with Gasteiger partial charge in [-0.15, -0.1) is 0 Å². The van der Waals surface area contributed by atoms with Gasteiger partial charge < -0.3 is 5.11 Å². The van der Waals surface area contributed by atoms with Crippen molar-refractivity contribution in [3.8, 4) is 5.75 Å². The molecule has 0 saturated heterocycles. The van der Waals surface area contributed by atoms with Gasteiger partial charge in [0.15, 0.2) is 0 Å². The van der Waals surface area contributed by atoms with Crippen molar-refractivity contribution in [3.05, 3.63) is 35.9 Å². The first-order valence-corrected chi connectivity index (χ1v) is 5.19. The van der Waals surface area contributed by atoms with E-state index in [4.69, 9.17) is 0 Å². The van der Waals surface area contributed by atoms with Gasteiger partial charge in [-0.05, 0) is 30.0 Å². The van der Waals surface area contributed by atoms with E-state index in [9.17, 15) is 5.11 Å². The Hall–Kier alpha value is -1.24. The average molecular weight is 190 g/mol. The molecule has 0 aliphatic carbocycles. The molecule has 1 rings (SSSR count).